The highest BCUT2D eigenvalue weighted by Gasteiger charge is 2.14. The van der Waals surface area contributed by atoms with Crippen LogP contribution in [0.15, 0.2) is 18.3 Å². The van der Waals surface area contributed by atoms with Gasteiger partial charge in [0.1, 0.15) is 12.2 Å². The molecule has 2 N–H and O–H groups in total. The molecule has 0 radical (unpaired) electrons. The number of carboxylic acid groups (broad SMARTS) is 2. The maximum atomic E-state index is 10.8. The van der Waals surface area contributed by atoms with E-state index in [9.17, 15) is 9.59 Å². The summed E-state index contributed by atoms with van der Waals surface area (Å²) in [5, 5.41) is 28.0. The van der Waals surface area contributed by atoms with E-state index in [2.05, 4.69) is 20.5 Å². The number of hydrogen-bond acceptors (Lipinski definition) is 6. The van der Waals surface area contributed by atoms with Crippen molar-refractivity contribution in [1.29, 1.82) is 0 Å². The van der Waals surface area contributed by atoms with Crippen LogP contribution in [0.3, 0.4) is 0 Å². The molecular formula is C9H7N5O4. The average molecular weight is 249 g/mol. The molecule has 0 spiro atoms. The first kappa shape index (κ1) is 11.6. The van der Waals surface area contributed by atoms with E-state index in [1.54, 1.807) is 0 Å². The van der Waals surface area contributed by atoms with Crippen molar-refractivity contribution in [2.45, 2.75) is 6.54 Å². The average Bonchev–Trinajstić information content (AvgIpc) is 2.76. The number of carboxylic acids is 2. The maximum absolute atomic E-state index is 10.8. The van der Waals surface area contributed by atoms with Gasteiger partial charge in [-0.15, -0.1) is 5.10 Å². The lowest BCUT2D eigenvalue weighted by Crippen LogP contribution is -2.12. The number of aromatic nitrogens is 5. The molecule has 2 aromatic rings. The first-order valence-corrected chi connectivity index (χ1v) is 4.75. The number of pyridine rings is 1. The fraction of sp³-hybridized carbons (Fsp3) is 0.111. The van der Waals surface area contributed by atoms with Gasteiger partial charge in [-0.2, -0.15) is 0 Å². The van der Waals surface area contributed by atoms with Crippen molar-refractivity contribution in [2.24, 2.45) is 0 Å². The normalized spacial score (nSPS) is 10.2. The van der Waals surface area contributed by atoms with Crippen molar-refractivity contribution in [3.05, 3.63) is 23.9 Å². The van der Waals surface area contributed by atoms with Gasteiger partial charge in [0.2, 0.25) is 5.82 Å². The van der Waals surface area contributed by atoms with E-state index in [1.807, 2.05) is 0 Å². The molecule has 0 bridgehead atoms. The highest BCUT2D eigenvalue weighted by Crippen LogP contribution is 2.14. The number of aromatic carboxylic acids is 1. The van der Waals surface area contributed by atoms with Gasteiger partial charge in [0.15, 0.2) is 0 Å². The topological polar surface area (TPSA) is 131 Å². The van der Waals surface area contributed by atoms with E-state index in [0.717, 1.165) is 4.68 Å². The van der Waals surface area contributed by atoms with Crippen LogP contribution < -0.4 is 0 Å². The third-order valence-corrected chi connectivity index (χ3v) is 2.05. The number of nitrogens with zero attached hydrogens (tertiary/aromatic N) is 5. The van der Waals surface area contributed by atoms with Crippen LogP contribution in [0, 0.1) is 0 Å². The summed E-state index contributed by atoms with van der Waals surface area (Å²) in [7, 11) is 0. The number of aliphatic carboxylic acids is 1. The van der Waals surface area contributed by atoms with E-state index in [4.69, 9.17) is 10.2 Å². The Morgan fingerprint density at radius 3 is 2.78 bits per heavy atom. The van der Waals surface area contributed by atoms with Crippen LogP contribution in [0.5, 0.6) is 0 Å². The van der Waals surface area contributed by atoms with E-state index >= 15 is 0 Å². The lowest BCUT2D eigenvalue weighted by molar-refractivity contribution is -0.137. The second-order valence-corrected chi connectivity index (χ2v) is 3.29. The zero-order valence-corrected chi connectivity index (χ0v) is 8.89. The van der Waals surface area contributed by atoms with Gasteiger partial charge in [0.25, 0.3) is 0 Å². The number of tetrazole rings is 1. The molecule has 0 aromatic carbocycles. The molecule has 0 unspecified atom stereocenters. The fourth-order valence-electron chi connectivity index (χ4n) is 1.31. The summed E-state index contributed by atoms with van der Waals surface area (Å²) in [6, 6.07) is 2.59. The molecule has 18 heavy (non-hydrogen) atoms. The Morgan fingerprint density at radius 1 is 1.33 bits per heavy atom. The highest BCUT2D eigenvalue weighted by molar-refractivity contribution is 5.88. The molecule has 0 amide bonds. The molecule has 0 aliphatic heterocycles. The Morgan fingerprint density at radius 2 is 2.11 bits per heavy atom. The van der Waals surface area contributed by atoms with Crippen molar-refractivity contribution in [3.63, 3.8) is 0 Å². The second-order valence-electron chi connectivity index (χ2n) is 3.29. The molecule has 2 heterocycles. The van der Waals surface area contributed by atoms with Crippen molar-refractivity contribution < 1.29 is 19.8 Å². The molecule has 0 fully saturated rings. The van der Waals surface area contributed by atoms with E-state index in [0.29, 0.717) is 0 Å². The van der Waals surface area contributed by atoms with Crippen LogP contribution in [0.1, 0.15) is 10.4 Å². The summed E-state index contributed by atoms with van der Waals surface area (Å²) >= 11 is 0. The Bertz CT molecular complexity index is 609. The molecule has 2 aromatic heterocycles. The van der Waals surface area contributed by atoms with Gasteiger partial charge in [-0.25, -0.2) is 9.48 Å². The molecule has 9 heteroatoms. The highest BCUT2D eigenvalue weighted by atomic mass is 16.4. The van der Waals surface area contributed by atoms with Gasteiger partial charge in [-0.05, 0) is 22.6 Å². The lowest BCUT2D eigenvalue weighted by Gasteiger charge is -2.01. The van der Waals surface area contributed by atoms with Crippen molar-refractivity contribution in [1.82, 2.24) is 25.2 Å². The summed E-state index contributed by atoms with van der Waals surface area (Å²) in [4.78, 5) is 25.3. The first-order valence-electron chi connectivity index (χ1n) is 4.75. The number of hydrogen-bond donors (Lipinski definition) is 2. The molecule has 9 nitrogen and oxygen atoms in total. The number of rotatable bonds is 4. The van der Waals surface area contributed by atoms with Crippen LogP contribution in [0.4, 0.5) is 0 Å². The summed E-state index contributed by atoms with van der Waals surface area (Å²) in [5.74, 6) is -2.13. The quantitative estimate of drug-likeness (QED) is 0.742. The lowest BCUT2D eigenvalue weighted by atomic mass is 10.2. The summed E-state index contributed by atoms with van der Waals surface area (Å²) in [6.07, 6.45) is 1.29. The SMILES string of the molecule is O=C(O)Cn1nnnc1-c1cc(C(=O)O)ccn1. The van der Waals surface area contributed by atoms with Gasteiger partial charge < -0.3 is 10.2 Å². The van der Waals surface area contributed by atoms with Gasteiger partial charge >= 0.3 is 11.9 Å². The second kappa shape index (κ2) is 4.57. The van der Waals surface area contributed by atoms with Crippen molar-refractivity contribution in [3.8, 4) is 11.5 Å². The smallest absolute Gasteiger partial charge is 0.335 e. The van der Waals surface area contributed by atoms with Crippen LogP contribution in [-0.2, 0) is 11.3 Å². The molecule has 0 saturated carbocycles. The predicted molar refractivity (Wildman–Crippen MR) is 55.6 cm³/mol. The molecule has 0 aliphatic rings. The van der Waals surface area contributed by atoms with Gasteiger partial charge in [-0.3, -0.25) is 9.78 Å². The van der Waals surface area contributed by atoms with Gasteiger partial charge in [-0.1, -0.05) is 0 Å². The van der Waals surface area contributed by atoms with E-state index in [1.165, 1.54) is 18.3 Å². The minimum absolute atomic E-state index is 0.0184. The Balaban J connectivity index is 2.42. The third-order valence-electron chi connectivity index (χ3n) is 2.05. The molecular weight excluding hydrogens is 242 g/mol. The molecule has 0 aliphatic carbocycles. The number of carbonyl (C=O) groups is 2. The molecule has 0 saturated heterocycles. The fourth-order valence-corrected chi connectivity index (χ4v) is 1.31. The zero-order chi connectivity index (χ0) is 13.1. The first-order chi connectivity index (χ1) is 8.58. The van der Waals surface area contributed by atoms with Crippen LogP contribution in [-0.4, -0.2) is 47.3 Å². The maximum Gasteiger partial charge on any atom is 0.335 e. The van der Waals surface area contributed by atoms with Crippen LogP contribution in [0.2, 0.25) is 0 Å². The van der Waals surface area contributed by atoms with E-state index in [-0.39, 0.29) is 17.1 Å². The predicted octanol–water partition coefficient (Wildman–Crippen LogP) is -0.482. The van der Waals surface area contributed by atoms with Crippen molar-refractivity contribution >= 4 is 11.9 Å². The minimum atomic E-state index is -1.11. The molecule has 92 valence electrons. The summed E-state index contributed by atoms with van der Waals surface area (Å²) < 4.78 is 1.02. The Hall–Kier alpha value is -2.84. The third kappa shape index (κ3) is 2.29. The van der Waals surface area contributed by atoms with Gasteiger partial charge in [0, 0.05) is 6.20 Å². The van der Waals surface area contributed by atoms with Crippen LogP contribution >= 0.6 is 0 Å². The Labute approximate surface area is 99.7 Å². The zero-order valence-electron chi connectivity index (χ0n) is 8.89. The summed E-state index contributed by atoms with van der Waals surface area (Å²) in [5.41, 5.74) is 0.214. The standard InChI is InChI=1S/C9H7N5O4/c15-7(16)4-14-8(11-12-13-14)6-3-5(9(17)18)1-2-10-6/h1-3H,4H2,(H,15,16)(H,17,18). The molecule has 2 rings (SSSR count). The largest absolute Gasteiger partial charge is 0.480 e. The Kier molecular flexibility index (Phi) is 2.96. The molecule has 0 atom stereocenters. The van der Waals surface area contributed by atoms with Crippen LogP contribution in [0.25, 0.3) is 11.5 Å². The minimum Gasteiger partial charge on any atom is -0.480 e. The van der Waals surface area contributed by atoms with Gasteiger partial charge in [0.05, 0.1) is 5.56 Å². The monoisotopic (exact) mass is 249 g/mol. The van der Waals surface area contributed by atoms with E-state index < -0.39 is 18.5 Å². The van der Waals surface area contributed by atoms with Crippen molar-refractivity contribution in [2.75, 3.05) is 0 Å². The summed E-state index contributed by atoms with van der Waals surface area (Å²) in [6.45, 7) is -0.429.